The summed E-state index contributed by atoms with van der Waals surface area (Å²) >= 11 is 0. The largest absolute Gasteiger partial charge is 0.387 e. The van der Waals surface area contributed by atoms with Crippen LogP contribution < -0.4 is 10.6 Å². The summed E-state index contributed by atoms with van der Waals surface area (Å²) in [5.74, 6) is 2.40. The van der Waals surface area contributed by atoms with Crippen LogP contribution in [0, 0.1) is 11.8 Å². The second-order valence-electron chi connectivity index (χ2n) is 6.59. The molecule has 0 aromatic carbocycles. The van der Waals surface area contributed by atoms with E-state index in [-0.39, 0.29) is 0 Å². The summed E-state index contributed by atoms with van der Waals surface area (Å²) in [5, 5.41) is 6.57. The minimum Gasteiger partial charge on any atom is -0.387 e. The normalized spacial score (nSPS) is 33.5. The lowest BCUT2D eigenvalue weighted by Crippen LogP contribution is -2.44. The zero-order chi connectivity index (χ0) is 13.3. The molecule has 0 spiro atoms. The van der Waals surface area contributed by atoms with E-state index in [0.29, 0.717) is 18.3 Å². The highest BCUT2D eigenvalue weighted by Gasteiger charge is 2.32. The molecule has 0 radical (unpaired) electrons. The van der Waals surface area contributed by atoms with Gasteiger partial charge in [-0.05, 0) is 43.3 Å². The number of allylic oxidation sites excluding steroid dienone is 2. The summed E-state index contributed by atoms with van der Waals surface area (Å²) in [6, 6.07) is 0. The molecule has 0 bridgehead atoms. The van der Waals surface area contributed by atoms with Crippen molar-refractivity contribution >= 4 is 10.0 Å². The quantitative estimate of drug-likeness (QED) is 0.773. The van der Waals surface area contributed by atoms with Gasteiger partial charge >= 0.3 is 0 Å². The Labute approximate surface area is 112 Å². The van der Waals surface area contributed by atoms with Crippen LogP contribution in [0.5, 0.6) is 0 Å². The van der Waals surface area contributed by atoms with Gasteiger partial charge in [0.15, 0.2) is 6.30 Å². The fourth-order valence-electron chi connectivity index (χ4n) is 2.87. The SMILES string of the molecule is CC1CNC2=C(NC(F)CC2)C1CCS(C)(C)C. The first-order valence-electron chi connectivity index (χ1n) is 6.90. The van der Waals surface area contributed by atoms with E-state index in [1.54, 1.807) is 0 Å². The zero-order valence-corrected chi connectivity index (χ0v) is 12.9. The molecular formula is C14H27FN2S. The van der Waals surface area contributed by atoms with Crippen LogP contribution in [0.2, 0.25) is 0 Å². The Morgan fingerprint density at radius 2 is 2.06 bits per heavy atom. The van der Waals surface area contributed by atoms with Crippen molar-refractivity contribution in [3.05, 3.63) is 11.4 Å². The van der Waals surface area contributed by atoms with Gasteiger partial charge in [-0.2, -0.15) is 0 Å². The molecule has 106 valence electrons. The van der Waals surface area contributed by atoms with Gasteiger partial charge in [-0.3, -0.25) is 0 Å². The highest BCUT2D eigenvalue weighted by Crippen LogP contribution is 2.40. The van der Waals surface area contributed by atoms with E-state index in [2.05, 4.69) is 36.3 Å². The third-order valence-corrected chi connectivity index (χ3v) is 5.48. The van der Waals surface area contributed by atoms with Gasteiger partial charge in [0.1, 0.15) is 0 Å². The third-order valence-electron chi connectivity index (χ3n) is 4.02. The van der Waals surface area contributed by atoms with Crippen molar-refractivity contribution in [2.24, 2.45) is 11.8 Å². The molecule has 0 amide bonds. The minimum atomic E-state index is -0.847. The Hall–Kier alpha value is -0.380. The molecule has 2 N–H and O–H groups in total. The summed E-state index contributed by atoms with van der Waals surface area (Å²) < 4.78 is 13.6. The monoisotopic (exact) mass is 274 g/mol. The summed E-state index contributed by atoms with van der Waals surface area (Å²) in [6.45, 7) is 3.32. The highest BCUT2D eigenvalue weighted by atomic mass is 32.3. The van der Waals surface area contributed by atoms with Crippen molar-refractivity contribution in [2.45, 2.75) is 32.5 Å². The molecule has 0 saturated heterocycles. The fraction of sp³-hybridized carbons (Fsp3) is 0.857. The number of hydrogen-bond donors (Lipinski definition) is 2. The van der Waals surface area contributed by atoms with Crippen molar-refractivity contribution in [1.29, 1.82) is 0 Å². The van der Waals surface area contributed by atoms with Crippen LogP contribution in [0.25, 0.3) is 0 Å². The van der Waals surface area contributed by atoms with Gasteiger partial charge in [0.25, 0.3) is 0 Å². The van der Waals surface area contributed by atoms with Crippen molar-refractivity contribution in [3.63, 3.8) is 0 Å². The van der Waals surface area contributed by atoms with Crippen molar-refractivity contribution < 1.29 is 4.39 Å². The zero-order valence-electron chi connectivity index (χ0n) is 12.1. The first kappa shape index (κ1) is 14.0. The predicted octanol–water partition coefficient (Wildman–Crippen LogP) is 2.82. The average molecular weight is 274 g/mol. The maximum atomic E-state index is 13.6. The molecule has 2 aliphatic rings. The molecule has 0 fully saturated rings. The van der Waals surface area contributed by atoms with Gasteiger partial charge < -0.3 is 10.6 Å². The molecule has 0 saturated carbocycles. The Morgan fingerprint density at radius 1 is 1.33 bits per heavy atom. The van der Waals surface area contributed by atoms with Gasteiger partial charge in [0.2, 0.25) is 0 Å². The summed E-state index contributed by atoms with van der Waals surface area (Å²) in [4.78, 5) is 0. The molecule has 0 aliphatic carbocycles. The van der Waals surface area contributed by atoms with Crippen LogP contribution in [0.3, 0.4) is 0 Å². The first-order chi connectivity index (χ1) is 8.37. The maximum absolute atomic E-state index is 13.6. The van der Waals surface area contributed by atoms with Crippen molar-refractivity contribution in [3.8, 4) is 0 Å². The number of alkyl halides is 1. The highest BCUT2D eigenvalue weighted by molar-refractivity contribution is 8.32. The first-order valence-corrected chi connectivity index (χ1v) is 9.93. The minimum absolute atomic E-state index is 0.463. The second kappa shape index (κ2) is 5.32. The lowest BCUT2D eigenvalue weighted by Gasteiger charge is -2.40. The van der Waals surface area contributed by atoms with Gasteiger partial charge in [-0.25, -0.2) is 14.4 Å². The summed E-state index contributed by atoms with van der Waals surface area (Å²) in [5.41, 5.74) is 2.45. The lowest BCUT2D eigenvalue weighted by atomic mass is 9.83. The van der Waals surface area contributed by atoms with E-state index in [4.69, 9.17) is 0 Å². The Kier molecular flexibility index (Phi) is 4.15. The van der Waals surface area contributed by atoms with Crippen LogP contribution >= 0.6 is 10.0 Å². The molecule has 3 atom stereocenters. The fourth-order valence-corrected chi connectivity index (χ4v) is 3.83. The summed E-state index contributed by atoms with van der Waals surface area (Å²) in [7, 11) is -0.463. The molecule has 2 nitrogen and oxygen atoms in total. The van der Waals surface area contributed by atoms with E-state index in [1.165, 1.54) is 23.6 Å². The predicted molar refractivity (Wildman–Crippen MR) is 79.8 cm³/mol. The Morgan fingerprint density at radius 3 is 2.72 bits per heavy atom. The number of halogens is 1. The number of nitrogens with one attached hydrogen (secondary N) is 2. The van der Waals surface area contributed by atoms with Crippen LogP contribution in [0.1, 0.15) is 26.2 Å². The number of hydrogen-bond acceptors (Lipinski definition) is 2. The van der Waals surface area contributed by atoms with E-state index in [1.807, 2.05) is 0 Å². The lowest BCUT2D eigenvalue weighted by molar-refractivity contribution is 0.219. The molecule has 4 heteroatoms. The molecule has 0 aromatic rings. The van der Waals surface area contributed by atoms with E-state index >= 15 is 0 Å². The van der Waals surface area contributed by atoms with Gasteiger partial charge in [0.05, 0.1) is 0 Å². The Balaban J connectivity index is 2.10. The number of rotatable bonds is 3. The molecule has 0 aromatic heterocycles. The summed E-state index contributed by atoms with van der Waals surface area (Å²) in [6.07, 6.45) is 8.91. The smallest absolute Gasteiger partial charge is 0.170 e. The van der Waals surface area contributed by atoms with Gasteiger partial charge in [0, 0.05) is 30.3 Å². The van der Waals surface area contributed by atoms with Crippen molar-refractivity contribution in [1.82, 2.24) is 10.6 Å². The molecule has 3 unspecified atom stereocenters. The Bertz CT molecular complexity index is 331. The van der Waals surface area contributed by atoms with E-state index in [0.717, 1.165) is 13.0 Å². The van der Waals surface area contributed by atoms with Crippen LogP contribution in [-0.2, 0) is 0 Å². The van der Waals surface area contributed by atoms with Crippen LogP contribution in [0.4, 0.5) is 4.39 Å². The molecule has 2 rings (SSSR count). The third kappa shape index (κ3) is 3.34. The second-order valence-corrected chi connectivity index (χ2v) is 11.2. The van der Waals surface area contributed by atoms with Crippen LogP contribution in [-0.4, -0.2) is 37.4 Å². The van der Waals surface area contributed by atoms with Crippen LogP contribution in [0.15, 0.2) is 11.4 Å². The van der Waals surface area contributed by atoms with E-state index < -0.39 is 16.3 Å². The van der Waals surface area contributed by atoms with Gasteiger partial charge in [-0.1, -0.05) is 6.92 Å². The molecule has 2 aliphatic heterocycles. The molecule has 18 heavy (non-hydrogen) atoms. The topological polar surface area (TPSA) is 24.1 Å². The maximum Gasteiger partial charge on any atom is 0.170 e. The molecule has 2 heterocycles. The molecular weight excluding hydrogens is 247 g/mol. The standard InChI is InChI=1S/C14H27FN2S/c1-10-9-16-12-5-6-13(15)17-14(12)11(10)7-8-18(2,3)4/h10-11,13,16-17H,5-9H2,1-4H3. The van der Waals surface area contributed by atoms with E-state index in [9.17, 15) is 4.39 Å². The van der Waals surface area contributed by atoms with Crippen molar-refractivity contribution in [2.75, 3.05) is 31.1 Å². The average Bonchev–Trinajstić information content (AvgIpc) is 2.26. The van der Waals surface area contributed by atoms with Gasteiger partial charge in [-0.15, -0.1) is 0 Å².